The highest BCUT2D eigenvalue weighted by atomic mass is 16.5. The van der Waals surface area contributed by atoms with Gasteiger partial charge in [0.1, 0.15) is 5.75 Å². The quantitative estimate of drug-likeness (QED) is 0.805. The van der Waals surface area contributed by atoms with Gasteiger partial charge in [-0.05, 0) is 30.5 Å². The number of amides is 4. The van der Waals surface area contributed by atoms with Crippen molar-refractivity contribution in [2.45, 2.75) is 32.1 Å². The van der Waals surface area contributed by atoms with Crippen molar-refractivity contribution < 1.29 is 19.1 Å². The molecule has 1 aromatic rings. The van der Waals surface area contributed by atoms with Crippen molar-refractivity contribution in [3.63, 3.8) is 0 Å². The lowest BCUT2D eigenvalue weighted by molar-refractivity contribution is -0.138. The summed E-state index contributed by atoms with van der Waals surface area (Å²) in [7, 11) is 0. The predicted octanol–water partition coefficient (Wildman–Crippen LogP) is 1.49. The Bertz CT molecular complexity index is 546. The van der Waals surface area contributed by atoms with Crippen LogP contribution < -0.4 is 15.4 Å². The van der Waals surface area contributed by atoms with E-state index in [1.54, 1.807) is 31.2 Å². The lowest BCUT2D eigenvalue weighted by atomic mass is 9.75. The SMILES string of the molecule is CCCOc1ccc(C2(CC)C(=O)NC(=O)NC2=O)cc1. The van der Waals surface area contributed by atoms with Crippen molar-refractivity contribution in [1.82, 2.24) is 10.6 Å². The molecule has 1 aliphatic heterocycles. The van der Waals surface area contributed by atoms with Gasteiger partial charge in [-0.15, -0.1) is 0 Å². The fourth-order valence-corrected chi connectivity index (χ4v) is 2.40. The molecule has 2 N–H and O–H groups in total. The van der Waals surface area contributed by atoms with Crippen LogP contribution in [0.15, 0.2) is 24.3 Å². The molecule has 2 rings (SSSR count). The predicted molar refractivity (Wildman–Crippen MR) is 75.9 cm³/mol. The van der Waals surface area contributed by atoms with Crippen LogP contribution in [0.3, 0.4) is 0 Å². The van der Waals surface area contributed by atoms with E-state index in [1.807, 2.05) is 6.92 Å². The zero-order valence-corrected chi connectivity index (χ0v) is 12.1. The van der Waals surface area contributed by atoms with Gasteiger partial charge in [0.05, 0.1) is 6.61 Å². The van der Waals surface area contributed by atoms with Crippen molar-refractivity contribution in [2.75, 3.05) is 6.61 Å². The molecule has 1 heterocycles. The minimum absolute atomic E-state index is 0.257. The molecule has 0 radical (unpaired) electrons. The Morgan fingerprint density at radius 2 is 1.57 bits per heavy atom. The van der Waals surface area contributed by atoms with Gasteiger partial charge in [0.15, 0.2) is 5.41 Å². The van der Waals surface area contributed by atoms with Gasteiger partial charge in [0.2, 0.25) is 11.8 Å². The molecule has 1 aliphatic rings. The van der Waals surface area contributed by atoms with Crippen LogP contribution in [0.5, 0.6) is 5.75 Å². The van der Waals surface area contributed by atoms with Gasteiger partial charge in [-0.1, -0.05) is 26.0 Å². The van der Waals surface area contributed by atoms with Crippen molar-refractivity contribution in [1.29, 1.82) is 0 Å². The van der Waals surface area contributed by atoms with Crippen LogP contribution in [0.2, 0.25) is 0 Å². The molecule has 21 heavy (non-hydrogen) atoms. The van der Waals surface area contributed by atoms with Gasteiger partial charge in [0.25, 0.3) is 0 Å². The summed E-state index contributed by atoms with van der Waals surface area (Å²) in [6, 6.07) is 6.03. The van der Waals surface area contributed by atoms with Gasteiger partial charge >= 0.3 is 6.03 Å². The fourth-order valence-electron chi connectivity index (χ4n) is 2.40. The molecule has 1 aromatic carbocycles. The Morgan fingerprint density at radius 3 is 2.05 bits per heavy atom. The van der Waals surface area contributed by atoms with Gasteiger partial charge < -0.3 is 4.74 Å². The van der Waals surface area contributed by atoms with Gasteiger partial charge in [-0.3, -0.25) is 20.2 Å². The maximum absolute atomic E-state index is 12.2. The van der Waals surface area contributed by atoms with Crippen molar-refractivity contribution in [3.8, 4) is 5.75 Å². The van der Waals surface area contributed by atoms with Crippen LogP contribution in [0.4, 0.5) is 4.79 Å². The van der Waals surface area contributed by atoms with E-state index in [1.165, 1.54) is 0 Å². The first-order valence-corrected chi connectivity index (χ1v) is 6.94. The fraction of sp³-hybridized carbons (Fsp3) is 0.400. The molecule has 4 amide bonds. The topological polar surface area (TPSA) is 84.5 Å². The van der Waals surface area contributed by atoms with Crippen LogP contribution in [0.25, 0.3) is 0 Å². The Morgan fingerprint density at radius 1 is 1.00 bits per heavy atom. The Labute approximate surface area is 122 Å². The molecule has 0 aromatic heterocycles. The lowest BCUT2D eigenvalue weighted by Crippen LogP contribution is -2.64. The summed E-state index contributed by atoms with van der Waals surface area (Å²) in [6.45, 7) is 4.35. The van der Waals surface area contributed by atoms with E-state index in [2.05, 4.69) is 10.6 Å². The van der Waals surface area contributed by atoms with E-state index in [0.29, 0.717) is 17.9 Å². The number of nitrogens with one attached hydrogen (secondary N) is 2. The summed E-state index contributed by atoms with van der Waals surface area (Å²) in [5.41, 5.74) is -0.839. The average molecular weight is 290 g/mol. The lowest BCUT2D eigenvalue weighted by Gasteiger charge is -2.33. The van der Waals surface area contributed by atoms with Crippen LogP contribution in [0, 0.1) is 0 Å². The molecule has 0 atom stereocenters. The van der Waals surface area contributed by atoms with Crippen LogP contribution in [-0.4, -0.2) is 24.5 Å². The summed E-state index contributed by atoms with van der Waals surface area (Å²) in [5.74, 6) is -0.512. The second-order valence-electron chi connectivity index (χ2n) is 4.87. The minimum Gasteiger partial charge on any atom is -0.494 e. The molecule has 0 unspecified atom stereocenters. The highest BCUT2D eigenvalue weighted by molar-refractivity contribution is 6.22. The molecule has 6 heteroatoms. The van der Waals surface area contributed by atoms with Gasteiger partial charge in [0, 0.05) is 0 Å². The number of rotatable bonds is 5. The molecule has 0 bridgehead atoms. The van der Waals surface area contributed by atoms with Gasteiger partial charge in [-0.25, -0.2) is 4.79 Å². The molecular formula is C15H18N2O4. The summed E-state index contributed by atoms with van der Waals surface area (Å²) in [5, 5.41) is 4.32. The monoisotopic (exact) mass is 290 g/mol. The second kappa shape index (κ2) is 5.95. The summed E-state index contributed by atoms with van der Waals surface area (Å²) in [6.07, 6.45) is 1.15. The summed E-state index contributed by atoms with van der Waals surface area (Å²) < 4.78 is 5.48. The Hall–Kier alpha value is -2.37. The van der Waals surface area contributed by atoms with E-state index in [0.717, 1.165) is 6.42 Å². The van der Waals surface area contributed by atoms with Crippen molar-refractivity contribution >= 4 is 17.8 Å². The Balaban J connectivity index is 2.34. The molecule has 0 aliphatic carbocycles. The highest BCUT2D eigenvalue weighted by Gasteiger charge is 2.50. The molecule has 0 saturated carbocycles. The maximum atomic E-state index is 12.2. The zero-order valence-electron chi connectivity index (χ0n) is 12.1. The standard InChI is InChI=1S/C15H18N2O4/c1-3-9-21-11-7-5-10(6-8-11)15(4-2)12(18)16-14(20)17-13(15)19/h5-8H,3-4,9H2,1-2H3,(H2,16,17,18,19,20). The number of hydrogen-bond acceptors (Lipinski definition) is 4. The molecule has 1 fully saturated rings. The third-order valence-corrected chi connectivity index (χ3v) is 3.58. The van der Waals surface area contributed by atoms with Crippen LogP contribution >= 0.6 is 0 Å². The minimum atomic E-state index is -1.38. The third-order valence-electron chi connectivity index (χ3n) is 3.58. The first-order valence-electron chi connectivity index (χ1n) is 6.94. The highest BCUT2D eigenvalue weighted by Crippen LogP contribution is 2.31. The molecule has 1 saturated heterocycles. The molecule has 112 valence electrons. The number of carbonyl (C=O) groups excluding carboxylic acids is 3. The Kier molecular flexibility index (Phi) is 4.26. The van der Waals surface area contributed by atoms with E-state index < -0.39 is 23.3 Å². The summed E-state index contributed by atoms with van der Waals surface area (Å²) >= 11 is 0. The molecule has 6 nitrogen and oxygen atoms in total. The summed E-state index contributed by atoms with van der Waals surface area (Å²) in [4.78, 5) is 35.6. The van der Waals surface area contributed by atoms with Crippen molar-refractivity contribution in [3.05, 3.63) is 29.8 Å². The van der Waals surface area contributed by atoms with Gasteiger partial charge in [-0.2, -0.15) is 0 Å². The average Bonchev–Trinajstić information content (AvgIpc) is 2.46. The first kappa shape index (κ1) is 15.0. The molecular weight excluding hydrogens is 272 g/mol. The number of ether oxygens (including phenoxy) is 1. The van der Waals surface area contributed by atoms with E-state index in [4.69, 9.17) is 4.74 Å². The normalized spacial score (nSPS) is 17.1. The largest absolute Gasteiger partial charge is 0.494 e. The number of imide groups is 2. The number of benzene rings is 1. The number of barbiturate groups is 1. The second-order valence-corrected chi connectivity index (χ2v) is 4.87. The van der Waals surface area contributed by atoms with Crippen LogP contribution in [0.1, 0.15) is 32.3 Å². The number of urea groups is 1. The van der Waals surface area contributed by atoms with E-state index >= 15 is 0 Å². The van der Waals surface area contributed by atoms with E-state index in [9.17, 15) is 14.4 Å². The van der Waals surface area contributed by atoms with Crippen LogP contribution in [-0.2, 0) is 15.0 Å². The number of hydrogen-bond donors (Lipinski definition) is 2. The smallest absolute Gasteiger partial charge is 0.328 e. The zero-order chi connectivity index (χ0) is 15.5. The third kappa shape index (κ3) is 2.61. The van der Waals surface area contributed by atoms with E-state index in [-0.39, 0.29) is 6.42 Å². The number of carbonyl (C=O) groups is 3. The van der Waals surface area contributed by atoms with Crippen molar-refractivity contribution in [2.24, 2.45) is 0 Å². The first-order chi connectivity index (χ1) is 10.0. The molecule has 0 spiro atoms. The maximum Gasteiger partial charge on any atom is 0.328 e.